The maximum Gasteiger partial charge on any atom is 0.343 e. The van der Waals surface area contributed by atoms with Crippen LogP contribution in [0.2, 0.25) is 0 Å². The molecule has 0 radical (unpaired) electrons. The lowest BCUT2D eigenvalue weighted by Gasteiger charge is -2.29. The first-order valence-corrected chi connectivity index (χ1v) is 21.8. The van der Waals surface area contributed by atoms with Gasteiger partial charge >= 0.3 is 32.6 Å². The van der Waals surface area contributed by atoms with Gasteiger partial charge in [-0.15, -0.1) is 0 Å². The lowest BCUT2D eigenvalue weighted by atomic mass is 10.0. The van der Waals surface area contributed by atoms with Crippen molar-refractivity contribution in [2.75, 3.05) is 7.11 Å². The highest BCUT2D eigenvalue weighted by molar-refractivity contribution is 7.75. The molecule has 2 aliphatic rings. The third-order valence-electron chi connectivity index (χ3n) is 9.97. The van der Waals surface area contributed by atoms with Gasteiger partial charge in [-0.05, 0) is 90.0 Å². The fourth-order valence-corrected chi connectivity index (χ4v) is 12.1. The molecule has 0 aromatic heterocycles. The predicted molar refractivity (Wildman–Crippen MR) is 226 cm³/mol. The van der Waals surface area contributed by atoms with Gasteiger partial charge in [0, 0.05) is 18.1 Å². The van der Waals surface area contributed by atoms with Crippen LogP contribution >= 0.6 is 14.7 Å². The Balaban J connectivity index is 1.01. The molecule has 7 aromatic carbocycles. The number of esters is 3. The van der Waals surface area contributed by atoms with Crippen molar-refractivity contribution < 1.29 is 51.5 Å². The summed E-state index contributed by atoms with van der Waals surface area (Å²) < 4.78 is 65.3. The number of para-hydroxylation sites is 2. The summed E-state index contributed by atoms with van der Waals surface area (Å²) in [7, 11) is -6.44. The normalized spacial score (nSPS) is 16.9. The number of hydrogen-bond acceptors (Lipinski definition) is 11. The molecule has 60 heavy (non-hydrogen) atoms. The van der Waals surface area contributed by atoms with Crippen LogP contribution in [0.15, 0.2) is 158 Å². The highest BCUT2D eigenvalue weighted by Crippen LogP contribution is 2.57. The van der Waals surface area contributed by atoms with Gasteiger partial charge in [-0.3, -0.25) is 13.9 Å². The van der Waals surface area contributed by atoms with Crippen molar-refractivity contribution >= 4 is 53.9 Å². The molecular weight excluding hydrogens is 802 g/mol. The van der Waals surface area contributed by atoms with E-state index < -0.39 is 32.6 Å². The average Bonchev–Trinajstić information content (AvgIpc) is 3.27. The van der Waals surface area contributed by atoms with Crippen molar-refractivity contribution in [3.63, 3.8) is 0 Å². The maximum absolute atomic E-state index is 15.2. The number of hydrogen-bond donors (Lipinski definition) is 0. The first kappa shape index (κ1) is 38.3. The first-order chi connectivity index (χ1) is 29.1. The van der Waals surface area contributed by atoms with Crippen molar-refractivity contribution in [1.29, 1.82) is 0 Å². The summed E-state index contributed by atoms with van der Waals surface area (Å²) in [6.07, 6.45) is 0. The molecule has 2 atom stereocenters. The summed E-state index contributed by atoms with van der Waals surface area (Å²) in [5.41, 5.74) is 2.91. The van der Waals surface area contributed by atoms with Crippen LogP contribution in [0.25, 0.3) is 22.3 Å². The average molecular weight is 835 g/mol. The van der Waals surface area contributed by atoms with Crippen LogP contribution in [0.4, 0.5) is 0 Å². The molecule has 0 N–H and O–H groups in total. The molecule has 0 fully saturated rings. The van der Waals surface area contributed by atoms with Crippen LogP contribution in [0.3, 0.4) is 0 Å². The largest absolute Gasteiger partial charge is 0.496 e. The molecule has 2 heterocycles. The first-order valence-electron chi connectivity index (χ1n) is 18.6. The Labute approximate surface area is 344 Å². The highest BCUT2D eigenvalue weighted by Gasteiger charge is 2.42. The Morgan fingerprint density at radius 2 is 0.900 bits per heavy atom. The molecule has 0 saturated heterocycles. The topological polar surface area (TPSA) is 141 Å². The number of carbonyl (C=O) groups is 3. The maximum atomic E-state index is 15.2. The zero-order valence-corrected chi connectivity index (χ0v) is 33.7. The molecule has 11 nitrogen and oxygen atoms in total. The summed E-state index contributed by atoms with van der Waals surface area (Å²) >= 11 is 0. The number of ether oxygens (including phenoxy) is 4. The lowest BCUT2D eigenvalue weighted by molar-refractivity contribution is -0.131. The van der Waals surface area contributed by atoms with Gasteiger partial charge in [-0.25, -0.2) is 9.59 Å². The molecule has 0 amide bonds. The fourth-order valence-electron chi connectivity index (χ4n) is 7.29. The standard InChI is InChI=1S/C47H32O11P2/c1-29(48)54-32-23-25-41(45(27-32)60(52)43-21-10-6-17-37(43)35-15-4-8-19-39(35)58-60)56-47(50)31-13-11-12-30(26-31)46(49)55-33-22-24-40(53-2)44(28-33)59(51)42-20-9-5-16-36(42)34-14-3-7-18-38(34)57-59/h3-28H,1-2H3. The zero-order chi connectivity index (χ0) is 41.6. The summed E-state index contributed by atoms with van der Waals surface area (Å²) in [4.78, 5) is 39.5. The van der Waals surface area contributed by atoms with E-state index in [4.69, 9.17) is 28.0 Å². The van der Waals surface area contributed by atoms with E-state index in [1.54, 1.807) is 54.6 Å². The molecule has 0 bridgehead atoms. The number of carbonyl (C=O) groups excluding carboxylic acids is 3. The summed E-state index contributed by atoms with van der Waals surface area (Å²) in [6, 6.07) is 43.1. The van der Waals surface area contributed by atoms with Crippen molar-refractivity contribution in [3.8, 4) is 56.8 Å². The molecular formula is C47H32O11P2. The fraction of sp³-hybridized carbons (Fsp3) is 0.0426. The van der Waals surface area contributed by atoms with E-state index in [1.807, 2.05) is 48.5 Å². The Hall–Kier alpha value is -7.19. The van der Waals surface area contributed by atoms with Crippen LogP contribution in [0, 0.1) is 0 Å². The number of fused-ring (bicyclic) bond motifs is 6. The second kappa shape index (κ2) is 15.2. The molecule has 0 saturated carbocycles. The molecule has 2 unspecified atom stereocenters. The Morgan fingerprint density at radius 3 is 1.43 bits per heavy atom. The minimum atomic E-state index is -4.05. The SMILES string of the molecule is COc1ccc(OC(=O)c2cccc(C(=O)Oc3ccc(OC(C)=O)cc3P3(=O)Oc4ccccc4-c4ccccc43)c2)cc1P1(=O)Oc2ccccc2-c2ccccc21. The van der Waals surface area contributed by atoms with Crippen LogP contribution in [-0.2, 0) is 13.9 Å². The summed E-state index contributed by atoms with van der Waals surface area (Å²) in [5, 5.41) is 1.00. The zero-order valence-electron chi connectivity index (χ0n) is 31.9. The van der Waals surface area contributed by atoms with Crippen molar-refractivity contribution in [3.05, 3.63) is 169 Å². The minimum Gasteiger partial charge on any atom is -0.496 e. The molecule has 0 spiro atoms. The van der Waals surface area contributed by atoms with E-state index in [-0.39, 0.29) is 44.7 Å². The third-order valence-corrected chi connectivity index (χ3v) is 14.9. The van der Waals surface area contributed by atoms with Crippen LogP contribution in [-0.4, -0.2) is 25.0 Å². The summed E-state index contributed by atoms with van der Waals surface area (Å²) in [6.45, 7) is 1.23. The Bertz CT molecular complexity index is 3010. The van der Waals surface area contributed by atoms with E-state index in [0.717, 1.165) is 16.7 Å². The van der Waals surface area contributed by atoms with Gasteiger partial charge in [-0.2, -0.15) is 0 Å². The second-order valence-corrected chi connectivity index (χ2v) is 18.2. The van der Waals surface area contributed by atoms with E-state index in [1.165, 1.54) is 68.6 Å². The minimum absolute atomic E-state index is 0.000938. The second-order valence-electron chi connectivity index (χ2n) is 13.7. The van der Waals surface area contributed by atoms with Gasteiger partial charge in [0.05, 0.1) is 39.5 Å². The van der Waals surface area contributed by atoms with Crippen LogP contribution in [0.5, 0.6) is 34.5 Å². The van der Waals surface area contributed by atoms with E-state index in [0.29, 0.717) is 27.7 Å². The van der Waals surface area contributed by atoms with Gasteiger partial charge in [-0.1, -0.05) is 78.9 Å². The molecule has 9 rings (SSSR count). The molecule has 7 aromatic rings. The lowest BCUT2D eigenvalue weighted by Crippen LogP contribution is -2.27. The van der Waals surface area contributed by atoms with Gasteiger partial charge < -0.3 is 28.0 Å². The monoisotopic (exact) mass is 834 g/mol. The van der Waals surface area contributed by atoms with Gasteiger partial charge in [0.25, 0.3) is 0 Å². The predicted octanol–water partition coefficient (Wildman–Crippen LogP) is 8.64. The molecule has 0 aliphatic carbocycles. The van der Waals surface area contributed by atoms with E-state index >= 15 is 4.57 Å². The third kappa shape index (κ3) is 6.74. The van der Waals surface area contributed by atoms with Crippen molar-refractivity contribution in [2.45, 2.75) is 6.92 Å². The Kier molecular flexibility index (Phi) is 9.71. The van der Waals surface area contributed by atoms with Crippen molar-refractivity contribution in [1.82, 2.24) is 0 Å². The van der Waals surface area contributed by atoms with Crippen LogP contribution in [0.1, 0.15) is 27.6 Å². The van der Waals surface area contributed by atoms with E-state index in [9.17, 15) is 18.9 Å². The van der Waals surface area contributed by atoms with Crippen molar-refractivity contribution in [2.24, 2.45) is 0 Å². The van der Waals surface area contributed by atoms with Gasteiger partial charge in [0.2, 0.25) is 0 Å². The van der Waals surface area contributed by atoms with E-state index in [2.05, 4.69) is 0 Å². The smallest absolute Gasteiger partial charge is 0.343 e. The summed E-state index contributed by atoms with van der Waals surface area (Å²) in [5.74, 6) is -1.25. The molecule has 296 valence electrons. The molecule has 2 aliphatic heterocycles. The number of benzene rings is 7. The number of methoxy groups -OCH3 is 1. The van der Waals surface area contributed by atoms with Gasteiger partial charge in [0.1, 0.15) is 34.5 Å². The number of rotatable bonds is 8. The highest BCUT2D eigenvalue weighted by atomic mass is 31.2. The molecule has 13 heteroatoms. The quantitative estimate of drug-likeness (QED) is 0.0826. The van der Waals surface area contributed by atoms with Crippen LogP contribution < -0.4 is 49.2 Å². The Morgan fingerprint density at radius 1 is 0.450 bits per heavy atom. The van der Waals surface area contributed by atoms with Gasteiger partial charge in [0.15, 0.2) is 0 Å².